The normalized spacial score (nSPS) is 11.4. The van der Waals surface area contributed by atoms with E-state index in [2.05, 4.69) is 25.3 Å². The second kappa shape index (κ2) is 6.01. The van der Waals surface area contributed by atoms with Crippen molar-refractivity contribution >= 4 is 16.8 Å². The zero-order valence-electron chi connectivity index (χ0n) is 15.5. The Balaban J connectivity index is 1.94. The van der Waals surface area contributed by atoms with Crippen LogP contribution in [0, 0.1) is 6.92 Å². The molecule has 0 fully saturated rings. The van der Waals surface area contributed by atoms with E-state index in [1.807, 2.05) is 24.6 Å². The lowest BCUT2D eigenvalue weighted by Gasteiger charge is -2.04. The number of fused-ring (bicyclic) bond motifs is 1. The minimum atomic E-state index is -0.610. The predicted octanol–water partition coefficient (Wildman–Crippen LogP) is 1.05. The Labute approximate surface area is 154 Å². The molecular weight excluding hydrogens is 346 g/mol. The Hall–Kier alpha value is -3.56. The Bertz CT molecular complexity index is 1180. The first-order chi connectivity index (χ1) is 12.9. The lowest BCUT2D eigenvalue weighted by molar-refractivity contribution is 0.0996. The highest BCUT2D eigenvalue weighted by Crippen LogP contribution is 2.28. The number of pyridine rings is 1. The van der Waals surface area contributed by atoms with Gasteiger partial charge in [0.05, 0.1) is 17.4 Å². The van der Waals surface area contributed by atoms with E-state index in [1.54, 1.807) is 35.7 Å². The number of carbonyl (C=O) groups excluding carboxylic acids is 1. The van der Waals surface area contributed by atoms with Crippen LogP contribution in [0.2, 0.25) is 0 Å². The molecular formula is C17H19N9O. The highest BCUT2D eigenvalue weighted by atomic mass is 16.1. The van der Waals surface area contributed by atoms with Crippen molar-refractivity contribution in [2.75, 3.05) is 0 Å². The van der Waals surface area contributed by atoms with Crippen molar-refractivity contribution in [2.45, 2.75) is 20.4 Å². The van der Waals surface area contributed by atoms with Gasteiger partial charge in [0.15, 0.2) is 11.6 Å². The van der Waals surface area contributed by atoms with Gasteiger partial charge in [0.25, 0.3) is 5.91 Å². The number of hydrogen-bond donors (Lipinski definition) is 1. The van der Waals surface area contributed by atoms with Crippen molar-refractivity contribution in [1.29, 1.82) is 0 Å². The third kappa shape index (κ3) is 2.65. The molecule has 4 aromatic heterocycles. The molecule has 138 valence electrons. The van der Waals surface area contributed by atoms with Crippen LogP contribution in [0.4, 0.5) is 0 Å². The van der Waals surface area contributed by atoms with E-state index in [1.165, 1.54) is 0 Å². The van der Waals surface area contributed by atoms with Crippen LogP contribution in [0.15, 0.2) is 18.3 Å². The fraction of sp³-hybridized carbons (Fsp3) is 0.294. The highest BCUT2D eigenvalue weighted by molar-refractivity contribution is 5.99. The third-order valence-electron chi connectivity index (χ3n) is 4.40. The highest BCUT2D eigenvalue weighted by Gasteiger charge is 2.21. The van der Waals surface area contributed by atoms with Crippen molar-refractivity contribution in [3.05, 3.63) is 29.7 Å². The van der Waals surface area contributed by atoms with Gasteiger partial charge in [-0.2, -0.15) is 10.2 Å². The van der Waals surface area contributed by atoms with Gasteiger partial charge in [0, 0.05) is 26.0 Å². The van der Waals surface area contributed by atoms with E-state index in [0.29, 0.717) is 23.9 Å². The molecule has 0 aliphatic carbocycles. The van der Waals surface area contributed by atoms with Crippen LogP contribution in [0.25, 0.3) is 33.9 Å². The van der Waals surface area contributed by atoms with Crippen molar-refractivity contribution in [3.8, 4) is 23.0 Å². The minimum absolute atomic E-state index is 0.153. The molecule has 0 saturated carbocycles. The summed E-state index contributed by atoms with van der Waals surface area (Å²) < 4.78 is 5.15. The Morgan fingerprint density at radius 3 is 2.63 bits per heavy atom. The number of amides is 1. The van der Waals surface area contributed by atoms with Crippen LogP contribution in [0.1, 0.15) is 23.1 Å². The molecule has 0 saturated heterocycles. The third-order valence-corrected chi connectivity index (χ3v) is 4.40. The van der Waals surface area contributed by atoms with E-state index >= 15 is 0 Å². The van der Waals surface area contributed by atoms with Crippen LogP contribution in [-0.4, -0.2) is 45.2 Å². The van der Waals surface area contributed by atoms with Crippen molar-refractivity contribution < 1.29 is 4.79 Å². The molecule has 4 rings (SSSR count). The minimum Gasteiger partial charge on any atom is -0.364 e. The van der Waals surface area contributed by atoms with Gasteiger partial charge in [0.1, 0.15) is 17.1 Å². The van der Waals surface area contributed by atoms with Gasteiger partial charge in [-0.3, -0.25) is 14.2 Å². The molecule has 1 amide bonds. The van der Waals surface area contributed by atoms with Crippen molar-refractivity contribution in [1.82, 2.24) is 39.3 Å². The molecule has 2 N–H and O–H groups in total. The van der Waals surface area contributed by atoms with Gasteiger partial charge in [-0.15, -0.1) is 5.10 Å². The number of carbonyl (C=O) groups is 1. The fourth-order valence-corrected chi connectivity index (χ4v) is 3.11. The lowest BCUT2D eigenvalue weighted by atomic mass is 10.2. The van der Waals surface area contributed by atoms with Crippen molar-refractivity contribution in [2.24, 2.45) is 19.8 Å². The summed E-state index contributed by atoms with van der Waals surface area (Å²) >= 11 is 0. The number of rotatable bonds is 4. The van der Waals surface area contributed by atoms with Crippen LogP contribution >= 0.6 is 0 Å². The Kier molecular flexibility index (Phi) is 3.76. The van der Waals surface area contributed by atoms with Crippen LogP contribution < -0.4 is 5.73 Å². The number of nitrogens with zero attached hydrogens (tertiary/aromatic N) is 8. The molecule has 0 unspecified atom stereocenters. The second-order valence-electron chi connectivity index (χ2n) is 6.29. The number of hydrogen-bond acceptors (Lipinski definition) is 6. The molecule has 0 atom stereocenters. The standard InChI is InChI=1S/C17H19N9O/c1-5-26-13(6-9(2)22-26)16-21-17(25(4)23-16)14-10-8-19-24(3)12(10)7-11(20-14)15(18)27/h6-8H,5H2,1-4H3,(H2,18,27). The number of nitrogens with two attached hydrogens (primary N) is 1. The van der Waals surface area contributed by atoms with Gasteiger partial charge in [-0.05, 0) is 26.0 Å². The van der Waals surface area contributed by atoms with Gasteiger partial charge < -0.3 is 5.73 Å². The van der Waals surface area contributed by atoms with E-state index in [9.17, 15) is 4.79 Å². The van der Waals surface area contributed by atoms with Crippen molar-refractivity contribution in [3.63, 3.8) is 0 Å². The lowest BCUT2D eigenvalue weighted by Crippen LogP contribution is -2.14. The van der Waals surface area contributed by atoms with Crippen LogP contribution in [0.3, 0.4) is 0 Å². The monoisotopic (exact) mass is 365 g/mol. The first-order valence-corrected chi connectivity index (χ1v) is 8.47. The quantitative estimate of drug-likeness (QED) is 0.577. The number of aromatic nitrogens is 8. The van der Waals surface area contributed by atoms with Crippen LogP contribution in [-0.2, 0) is 20.6 Å². The Morgan fingerprint density at radius 1 is 1.15 bits per heavy atom. The average molecular weight is 365 g/mol. The fourth-order valence-electron chi connectivity index (χ4n) is 3.11. The molecule has 0 aromatic carbocycles. The van der Waals surface area contributed by atoms with Gasteiger partial charge in [-0.25, -0.2) is 14.6 Å². The molecule has 0 spiro atoms. The maximum absolute atomic E-state index is 11.7. The summed E-state index contributed by atoms with van der Waals surface area (Å²) in [6.45, 7) is 4.65. The maximum atomic E-state index is 11.7. The van der Waals surface area contributed by atoms with Gasteiger partial charge >= 0.3 is 0 Å². The molecule has 4 aromatic rings. The zero-order chi connectivity index (χ0) is 19.3. The SMILES string of the molecule is CCn1nc(C)cc1-c1nc(-c2nc(C(N)=O)cc3c2cnn3C)n(C)n1. The molecule has 10 heteroatoms. The second-order valence-corrected chi connectivity index (χ2v) is 6.29. The van der Waals surface area contributed by atoms with Gasteiger partial charge in [0.2, 0.25) is 0 Å². The zero-order valence-corrected chi connectivity index (χ0v) is 15.5. The smallest absolute Gasteiger partial charge is 0.267 e. The summed E-state index contributed by atoms with van der Waals surface area (Å²) in [7, 11) is 3.58. The number of primary amides is 1. The molecule has 10 nitrogen and oxygen atoms in total. The summed E-state index contributed by atoms with van der Waals surface area (Å²) in [5, 5.41) is 14.0. The molecule has 0 radical (unpaired) electrons. The van der Waals surface area contributed by atoms with E-state index < -0.39 is 5.91 Å². The summed E-state index contributed by atoms with van der Waals surface area (Å²) in [5.74, 6) is 0.451. The topological polar surface area (TPSA) is 122 Å². The molecule has 0 aliphatic rings. The molecule has 4 heterocycles. The van der Waals surface area contributed by atoms with Gasteiger partial charge in [-0.1, -0.05) is 0 Å². The summed E-state index contributed by atoms with van der Waals surface area (Å²) in [6, 6.07) is 3.57. The van der Waals surface area contributed by atoms with E-state index in [4.69, 9.17) is 5.73 Å². The predicted molar refractivity (Wildman–Crippen MR) is 98.7 cm³/mol. The largest absolute Gasteiger partial charge is 0.364 e. The summed E-state index contributed by atoms with van der Waals surface area (Å²) in [6.07, 6.45) is 1.69. The first-order valence-electron chi connectivity index (χ1n) is 8.47. The maximum Gasteiger partial charge on any atom is 0.267 e. The van der Waals surface area contributed by atoms with E-state index in [0.717, 1.165) is 22.3 Å². The number of aryl methyl sites for hydroxylation is 4. The summed E-state index contributed by atoms with van der Waals surface area (Å²) in [4.78, 5) is 20.8. The first kappa shape index (κ1) is 16.9. The molecule has 0 aliphatic heterocycles. The molecule has 27 heavy (non-hydrogen) atoms. The average Bonchev–Trinajstić information content (AvgIpc) is 3.31. The van der Waals surface area contributed by atoms with E-state index in [-0.39, 0.29) is 5.69 Å². The summed E-state index contributed by atoms with van der Waals surface area (Å²) in [5.41, 5.74) is 8.58. The van der Waals surface area contributed by atoms with Crippen LogP contribution in [0.5, 0.6) is 0 Å². The Morgan fingerprint density at radius 2 is 1.93 bits per heavy atom. The molecule has 0 bridgehead atoms.